The van der Waals surface area contributed by atoms with E-state index in [2.05, 4.69) is 15.2 Å². The number of para-hydroxylation sites is 1. The number of hydrazone groups is 1. The van der Waals surface area contributed by atoms with Crippen LogP contribution in [-0.4, -0.2) is 23.2 Å². The summed E-state index contributed by atoms with van der Waals surface area (Å²) in [5, 5.41) is 7.27. The van der Waals surface area contributed by atoms with Gasteiger partial charge in [-0.05, 0) is 26.0 Å². The van der Waals surface area contributed by atoms with E-state index in [9.17, 15) is 4.79 Å². The summed E-state index contributed by atoms with van der Waals surface area (Å²) in [7, 11) is 0. The van der Waals surface area contributed by atoms with Crippen LogP contribution in [0.5, 0.6) is 0 Å². The number of nitrogens with one attached hydrogen (secondary N) is 2. The SMILES string of the molecule is CCOC(=O)C1=NNSC1(C)Nc1ccccc1. The summed E-state index contributed by atoms with van der Waals surface area (Å²) in [6, 6.07) is 9.67. The molecule has 1 atom stereocenters. The summed E-state index contributed by atoms with van der Waals surface area (Å²) in [4.78, 5) is 13.9. The second-order valence-corrected chi connectivity index (χ2v) is 5.10. The molecule has 1 aromatic carbocycles. The van der Waals surface area contributed by atoms with Crippen molar-refractivity contribution in [1.82, 2.24) is 4.83 Å². The van der Waals surface area contributed by atoms with Gasteiger partial charge in [0, 0.05) is 17.6 Å². The first-order chi connectivity index (χ1) is 8.65. The van der Waals surface area contributed by atoms with Crippen LogP contribution in [-0.2, 0) is 9.53 Å². The van der Waals surface area contributed by atoms with Crippen molar-refractivity contribution >= 4 is 29.3 Å². The van der Waals surface area contributed by atoms with Crippen LogP contribution in [0, 0.1) is 0 Å². The fourth-order valence-corrected chi connectivity index (χ4v) is 2.35. The smallest absolute Gasteiger partial charge is 0.358 e. The van der Waals surface area contributed by atoms with Gasteiger partial charge in [0.1, 0.15) is 0 Å². The van der Waals surface area contributed by atoms with Crippen LogP contribution in [0.2, 0.25) is 0 Å². The van der Waals surface area contributed by atoms with Crippen molar-refractivity contribution in [2.45, 2.75) is 18.7 Å². The Morgan fingerprint density at radius 3 is 2.89 bits per heavy atom. The van der Waals surface area contributed by atoms with Gasteiger partial charge < -0.3 is 10.1 Å². The molecule has 1 aromatic rings. The number of rotatable bonds is 4. The van der Waals surface area contributed by atoms with Crippen LogP contribution in [0.25, 0.3) is 0 Å². The summed E-state index contributed by atoms with van der Waals surface area (Å²) >= 11 is 1.34. The summed E-state index contributed by atoms with van der Waals surface area (Å²) in [5.74, 6) is -0.402. The minimum Gasteiger partial charge on any atom is -0.461 e. The van der Waals surface area contributed by atoms with Gasteiger partial charge in [0.25, 0.3) is 0 Å². The molecule has 2 rings (SSSR count). The minimum absolute atomic E-state index is 0.337. The Kier molecular flexibility index (Phi) is 3.76. The molecule has 2 N–H and O–H groups in total. The molecule has 0 saturated heterocycles. The maximum Gasteiger partial charge on any atom is 0.358 e. The predicted octanol–water partition coefficient (Wildman–Crippen LogP) is 1.99. The third-order valence-corrected chi connectivity index (χ3v) is 3.37. The minimum atomic E-state index is -0.631. The molecule has 0 aliphatic carbocycles. The Labute approximate surface area is 110 Å². The third-order valence-electron chi connectivity index (χ3n) is 2.48. The zero-order valence-electron chi connectivity index (χ0n) is 10.3. The normalized spacial score (nSPS) is 22.0. The van der Waals surface area contributed by atoms with Gasteiger partial charge in [-0.2, -0.15) is 5.10 Å². The molecule has 5 nitrogen and oxygen atoms in total. The predicted molar refractivity (Wildman–Crippen MR) is 73.3 cm³/mol. The molecule has 96 valence electrons. The standard InChI is InChI=1S/C12H15N3O2S/c1-3-17-11(16)10-12(2,18-15-14-10)13-9-7-5-4-6-8-9/h4-8,13,15H,3H2,1-2H3. The Bertz CT molecular complexity index is 464. The molecule has 0 fully saturated rings. The Balaban J connectivity index is 2.15. The van der Waals surface area contributed by atoms with Crippen molar-refractivity contribution in [3.63, 3.8) is 0 Å². The van der Waals surface area contributed by atoms with Gasteiger partial charge >= 0.3 is 5.97 Å². The topological polar surface area (TPSA) is 62.7 Å². The number of anilines is 1. The van der Waals surface area contributed by atoms with E-state index in [4.69, 9.17) is 4.74 Å². The van der Waals surface area contributed by atoms with E-state index in [1.807, 2.05) is 37.3 Å². The second-order valence-electron chi connectivity index (χ2n) is 3.90. The first-order valence-electron chi connectivity index (χ1n) is 5.67. The van der Waals surface area contributed by atoms with Gasteiger partial charge in [0.15, 0.2) is 10.6 Å². The quantitative estimate of drug-likeness (QED) is 0.644. The molecule has 0 aromatic heterocycles. The van der Waals surface area contributed by atoms with E-state index in [1.165, 1.54) is 11.9 Å². The van der Waals surface area contributed by atoms with E-state index in [-0.39, 0.29) is 0 Å². The number of benzene rings is 1. The van der Waals surface area contributed by atoms with Gasteiger partial charge in [-0.25, -0.2) is 9.63 Å². The van der Waals surface area contributed by atoms with E-state index in [0.717, 1.165) is 5.69 Å². The van der Waals surface area contributed by atoms with Crippen LogP contribution in [0.4, 0.5) is 5.69 Å². The van der Waals surface area contributed by atoms with Crippen LogP contribution in [0.1, 0.15) is 13.8 Å². The fourth-order valence-electron chi connectivity index (χ4n) is 1.64. The van der Waals surface area contributed by atoms with Gasteiger partial charge in [-0.3, -0.25) is 0 Å². The van der Waals surface area contributed by atoms with Crippen molar-refractivity contribution in [3.8, 4) is 0 Å². The number of ether oxygens (including phenoxy) is 1. The highest BCUT2D eigenvalue weighted by Crippen LogP contribution is 2.31. The zero-order chi connectivity index (χ0) is 13.0. The molecule has 0 spiro atoms. The molecule has 1 heterocycles. The van der Waals surface area contributed by atoms with Gasteiger partial charge in [0.05, 0.1) is 6.61 Å². The van der Waals surface area contributed by atoms with Crippen molar-refractivity contribution in [2.24, 2.45) is 5.10 Å². The lowest BCUT2D eigenvalue weighted by atomic mass is 10.1. The number of nitrogens with zero attached hydrogens (tertiary/aromatic N) is 1. The highest BCUT2D eigenvalue weighted by Gasteiger charge is 2.41. The number of esters is 1. The Morgan fingerprint density at radius 1 is 1.50 bits per heavy atom. The van der Waals surface area contributed by atoms with Crippen molar-refractivity contribution in [1.29, 1.82) is 0 Å². The molecule has 6 heteroatoms. The van der Waals surface area contributed by atoms with Crippen LogP contribution >= 0.6 is 11.9 Å². The number of hydrogen-bond acceptors (Lipinski definition) is 6. The van der Waals surface area contributed by atoms with Gasteiger partial charge in [-0.1, -0.05) is 18.2 Å². The van der Waals surface area contributed by atoms with E-state index < -0.39 is 10.8 Å². The van der Waals surface area contributed by atoms with Crippen molar-refractivity contribution in [2.75, 3.05) is 11.9 Å². The fraction of sp³-hybridized carbons (Fsp3) is 0.333. The van der Waals surface area contributed by atoms with Crippen LogP contribution in [0.15, 0.2) is 35.4 Å². The monoisotopic (exact) mass is 265 g/mol. The zero-order valence-corrected chi connectivity index (χ0v) is 11.1. The highest BCUT2D eigenvalue weighted by molar-refractivity contribution is 8.00. The summed E-state index contributed by atoms with van der Waals surface area (Å²) in [6.07, 6.45) is 0. The Hall–Kier alpha value is -1.69. The Morgan fingerprint density at radius 2 is 2.22 bits per heavy atom. The lowest BCUT2D eigenvalue weighted by molar-refractivity contribution is -0.135. The lowest BCUT2D eigenvalue weighted by Crippen LogP contribution is -2.42. The van der Waals surface area contributed by atoms with Crippen molar-refractivity contribution in [3.05, 3.63) is 30.3 Å². The first-order valence-corrected chi connectivity index (χ1v) is 6.49. The lowest BCUT2D eigenvalue weighted by Gasteiger charge is -2.25. The molecule has 0 radical (unpaired) electrons. The van der Waals surface area contributed by atoms with Gasteiger partial charge in [0.2, 0.25) is 0 Å². The molecule has 1 unspecified atom stereocenters. The molecular weight excluding hydrogens is 250 g/mol. The molecule has 0 saturated carbocycles. The van der Waals surface area contributed by atoms with Crippen LogP contribution in [0.3, 0.4) is 0 Å². The van der Waals surface area contributed by atoms with E-state index >= 15 is 0 Å². The van der Waals surface area contributed by atoms with Crippen LogP contribution < -0.4 is 10.1 Å². The number of hydrogen-bond donors (Lipinski definition) is 2. The number of carbonyl (C=O) groups excluding carboxylic acids is 1. The summed E-state index contributed by atoms with van der Waals surface area (Å²) < 4.78 is 5.00. The highest BCUT2D eigenvalue weighted by atomic mass is 32.2. The summed E-state index contributed by atoms with van der Waals surface area (Å²) in [6.45, 7) is 4.00. The molecule has 1 aliphatic rings. The van der Waals surface area contributed by atoms with Crippen molar-refractivity contribution < 1.29 is 9.53 Å². The maximum atomic E-state index is 11.8. The molecule has 1 aliphatic heterocycles. The second kappa shape index (κ2) is 5.30. The molecule has 0 bridgehead atoms. The third kappa shape index (κ3) is 2.59. The average Bonchev–Trinajstić information content (AvgIpc) is 2.72. The largest absolute Gasteiger partial charge is 0.461 e. The number of carbonyl (C=O) groups is 1. The van der Waals surface area contributed by atoms with Gasteiger partial charge in [-0.15, -0.1) is 0 Å². The molecular formula is C12H15N3O2S. The average molecular weight is 265 g/mol. The first kappa shape index (κ1) is 12.8. The summed E-state index contributed by atoms with van der Waals surface area (Å²) in [5.41, 5.74) is 1.27. The maximum absolute atomic E-state index is 11.8. The molecule has 18 heavy (non-hydrogen) atoms. The van der Waals surface area contributed by atoms with E-state index in [1.54, 1.807) is 6.92 Å². The van der Waals surface area contributed by atoms with E-state index in [0.29, 0.717) is 12.3 Å². The molecule has 0 amide bonds.